The number of carbonyl (C=O) groups excluding carboxylic acids is 1. The average Bonchev–Trinajstić information content (AvgIpc) is 2.94. The summed E-state index contributed by atoms with van der Waals surface area (Å²) >= 11 is 1.46. The van der Waals surface area contributed by atoms with Crippen LogP contribution in [0.2, 0.25) is 0 Å². The zero-order valence-electron chi connectivity index (χ0n) is 9.84. The minimum atomic E-state index is 0.0639. The van der Waals surface area contributed by atoms with Crippen molar-refractivity contribution in [2.45, 2.75) is 13.3 Å². The third-order valence-electron chi connectivity index (χ3n) is 2.77. The first-order valence-electron chi connectivity index (χ1n) is 5.66. The van der Waals surface area contributed by atoms with Crippen molar-refractivity contribution in [1.82, 2.24) is 4.98 Å². The zero-order valence-corrected chi connectivity index (χ0v) is 10.7. The number of hydrogen-bond donors (Lipinski definition) is 0. The molecule has 0 aliphatic rings. The number of ketones is 1. The largest absolute Gasteiger partial charge is 0.440 e. The molecule has 0 amide bonds. The van der Waals surface area contributed by atoms with E-state index in [1.54, 1.807) is 0 Å². The van der Waals surface area contributed by atoms with Crippen molar-refractivity contribution in [1.29, 1.82) is 0 Å². The molecular weight excluding hydrogens is 246 g/mol. The number of oxazole rings is 1. The summed E-state index contributed by atoms with van der Waals surface area (Å²) in [5.41, 5.74) is 2.53. The third kappa shape index (κ3) is 1.95. The molecule has 1 aromatic carbocycles. The minimum Gasteiger partial charge on any atom is -0.440 e. The lowest BCUT2D eigenvalue weighted by Crippen LogP contribution is -2.02. The summed E-state index contributed by atoms with van der Waals surface area (Å²) in [4.78, 5) is 17.2. The Hall–Kier alpha value is -1.94. The van der Waals surface area contributed by atoms with Gasteiger partial charge < -0.3 is 4.42 Å². The van der Waals surface area contributed by atoms with Crippen molar-refractivity contribution in [2.75, 3.05) is 0 Å². The summed E-state index contributed by atoms with van der Waals surface area (Å²) in [6, 6.07) is 9.47. The molecule has 2 heterocycles. The number of aryl methyl sites for hydroxylation is 1. The van der Waals surface area contributed by atoms with Crippen LogP contribution in [0.3, 0.4) is 0 Å². The molecule has 3 nitrogen and oxygen atoms in total. The monoisotopic (exact) mass is 257 g/mol. The molecule has 4 heteroatoms. The highest BCUT2D eigenvalue weighted by atomic mass is 32.1. The summed E-state index contributed by atoms with van der Waals surface area (Å²) < 4.78 is 5.55. The molecule has 3 aromatic rings. The Morgan fingerprint density at radius 3 is 2.89 bits per heavy atom. The number of para-hydroxylation sites is 2. The second-order valence-corrected chi connectivity index (χ2v) is 5.02. The number of thiophene rings is 1. The van der Waals surface area contributed by atoms with Crippen LogP contribution in [0, 0.1) is 6.92 Å². The van der Waals surface area contributed by atoms with Gasteiger partial charge in [0.25, 0.3) is 0 Å². The fraction of sp³-hybridized carbons (Fsp3) is 0.143. The Morgan fingerprint density at radius 2 is 2.17 bits per heavy atom. The molecule has 0 saturated heterocycles. The molecule has 0 aliphatic heterocycles. The van der Waals surface area contributed by atoms with E-state index >= 15 is 0 Å². The molecule has 0 unspecified atom stereocenters. The van der Waals surface area contributed by atoms with Crippen molar-refractivity contribution >= 4 is 28.2 Å². The predicted octanol–water partition coefficient (Wildman–Crippen LogP) is 3.62. The molecule has 0 N–H and O–H groups in total. The summed E-state index contributed by atoms with van der Waals surface area (Å²) in [5, 5.41) is 1.93. The van der Waals surface area contributed by atoms with Crippen LogP contribution in [-0.4, -0.2) is 10.8 Å². The summed E-state index contributed by atoms with van der Waals surface area (Å²) in [7, 11) is 0. The Morgan fingerprint density at radius 1 is 1.33 bits per heavy atom. The maximum Gasteiger partial charge on any atom is 0.203 e. The maximum absolute atomic E-state index is 12.1. The topological polar surface area (TPSA) is 43.1 Å². The van der Waals surface area contributed by atoms with Gasteiger partial charge in [-0.15, -0.1) is 11.3 Å². The van der Waals surface area contributed by atoms with Crippen molar-refractivity contribution in [3.63, 3.8) is 0 Å². The number of nitrogens with zero attached hydrogens (tertiary/aromatic N) is 1. The van der Waals surface area contributed by atoms with E-state index in [1.165, 1.54) is 11.3 Å². The molecule has 90 valence electrons. The van der Waals surface area contributed by atoms with Crippen molar-refractivity contribution in [2.24, 2.45) is 0 Å². The second-order valence-electron chi connectivity index (χ2n) is 4.11. The average molecular weight is 257 g/mol. The van der Waals surface area contributed by atoms with Gasteiger partial charge in [-0.1, -0.05) is 12.1 Å². The lowest BCUT2D eigenvalue weighted by atomic mass is 10.2. The summed E-state index contributed by atoms with van der Waals surface area (Å²) in [6.07, 6.45) is 0.218. The Kier molecular flexibility index (Phi) is 2.72. The van der Waals surface area contributed by atoms with Gasteiger partial charge in [0.2, 0.25) is 5.89 Å². The van der Waals surface area contributed by atoms with Gasteiger partial charge in [-0.3, -0.25) is 4.79 Å². The summed E-state index contributed by atoms with van der Waals surface area (Å²) in [6.45, 7) is 1.94. The van der Waals surface area contributed by atoms with Gasteiger partial charge >= 0.3 is 0 Å². The van der Waals surface area contributed by atoms with E-state index < -0.39 is 0 Å². The molecule has 0 aliphatic carbocycles. The van der Waals surface area contributed by atoms with Crippen LogP contribution in [0.15, 0.2) is 40.1 Å². The number of aromatic nitrogens is 1. The number of carbonyl (C=O) groups is 1. The minimum absolute atomic E-state index is 0.0639. The van der Waals surface area contributed by atoms with E-state index in [9.17, 15) is 4.79 Å². The van der Waals surface area contributed by atoms with Crippen LogP contribution >= 0.6 is 11.3 Å². The first-order chi connectivity index (χ1) is 8.74. The maximum atomic E-state index is 12.1. The SMILES string of the molecule is Cc1ccsc1C(=O)Cc1nc2ccccc2o1. The molecule has 3 rings (SSSR count). The van der Waals surface area contributed by atoms with E-state index in [0.29, 0.717) is 5.89 Å². The Bertz CT molecular complexity index is 678. The lowest BCUT2D eigenvalue weighted by molar-refractivity contribution is 0.0989. The molecule has 0 saturated carbocycles. The van der Waals surface area contributed by atoms with Gasteiger partial charge in [-0.2, -0.15) is 0 Å². The summed E-state index contributed by atoms with van der Waals surface area (Å²) in [5.74, 6) is 0.544. The molecule has 0 spiro atoms. The molecule has 0 bridgehead atoms. The van der Waals surface area contributed by atoms with Gasteiger partial charge in [0.15, 0.2) is 11.4 Å². The highest BCUT2D eigenvalue weighted by molar-refractivity contribution is 7.12. The number of benzene rings is 1. The molecule has 0 radical (unpaired) electrons. The van der Waals surface area contributed by atoms with Gasteiger partial charge in [0, 0.05) is 0 Å². The highest BCUT2D eigenvalue weighted by Gasteiger charge is 2.15. The first kappa shape index (κ1) is 11.2. The van der Waals surface area contributed by atoms with E-state index in [2.05, 4.69) is 4.98 Å². The quantitative estimate of drug-likeness (QED) is 0.673. The van der Waals surface area contributed by atoms with Crippen molar-refractivity contribution in [3.8, 4) is 0 Å². The molecule has 2 aromatic heterocycles. The second kappa shape index (κ2) is 4.38. The zero-order chi connectivity index (χ0) is 12.5. The third-order valence-corrected chi connectivity index (χ3v) is 3.82. The molecule has 0 atom stereocenters. The van der Waals surface area contributed by atoms with Crippen molar-refractivity contribution < 1.29 is 9.21 Å². The van der Waals surface area contributed by atoms with Crippen LogP contribution in [0.4, 0.5) is 0 Å². The van der Waals surface area contributed by atoms with Gasteiger partial charge in [0.05, 0.1) is 11.3 Å². The first-order valence-corrected chi connectivity index (χ1v) is 6.54. The predicted molar refractivity (Wildman–Crippen MR) is 71.1 cm³/mol. The smallest absolute Gasteiger partial charge is 0.203 e. The molecule has 18 heavy (non-hydrogen) atoms. The van der Waals surface area contributed by atoms with Crippen LogP contribution in [0.5, 0.6) is 0 Å². The standard InChI is InChI=1S/C14H11NO2S/c1-9-6-7-18-14(9)11(16)8-13-15-10-4-2-3-5-12(10)17-13/h2-7H,8H2,1H3. The van der Waals surface area contributed by atoms with Crippen LogP contribution in [0.25, 0.3) is 11.1 Å². The van der Waals surface area contributed by atoms with E-state index in [4.69, 9.17) is 4.42 Å². The molecule has 0 fully saturated rings. The van der Waals surface area contributed by atoms with Gasteiger partial charge in [0.1, 0.15) is 5.52 Å². The molecular formula is C14H11NO2S. The van der Waals surface area contributed by atoms with E-state index in [1.807, 2.05) is 42.6 Å². The van der Waals surface area contributed by atoms with E-state index in [-0.39, 0.29) is 12.2 Å². The van der Waals surface area contributed by atoms with Gasteiger partial charge in [-0.05, 0) is 36.1 Å². The Balaban J connectivity index is 1.88. The number of fused-ring (bicyclic) bond motifs is 1. The van der Waals surface area contributed by atoms with Crippen molar-refractivity contribution in [3.05, 3.63) is 52.0 Å². The Labute approximate surface area is 108 Å². The lowest BCUT2D eigenvalue weighted by Gasteiger charge is -1.95. The normalized spacial score (nSPS) is 10.9. The number of Topliss-reactive ketones (excluding diaryl/α,β-unsaturated/α-hetero) is 1. The van der Waals surface area contributed by atoms with Crippen LogP contribution < -0.4 is 0 Å². The fourth-order valence-corrected chi connectivity index (χ4v) is 2.74. The number of rotatable bonds is 3. The fourth-order valence-electron chi connectivity index (χ4n) is 1.87. The van der Waals surface area contributed by atoms with Gasteiger partial charge in [-0.25, -0.2) is 4.98 Å². The van der Waals surface area contributed by atoms with Crippen LogP contribution in [-0.2, 0) is 6.42 Å². The highest BCUT2D eigenvalue weighted by Crippen LogP contribution is 2.20. The van der Waals surface area contributed by atoms with Crippen LogP contribution in [0.1, 0.15) is 21.1 Å². The number of hydrogen-bond acceptors (Lipinski definition) is 4. The van der Waals surface area contributed by atoms with E-state index in [0.717, 1.165) is 21.5 Å².